The average molecular weight is 615 g/mol. The standard InChI is InChI=1S/C35H43FN6O3/c1-22(2)31-9-10-32(39-38-31)24-5-7-28(8-6-24)45-33-17-29(30(36)16-25(33)19-42-18-23(3)15-34(42)43)35(44)37-26-11-13-41(14-12-26)27-20-40(4)21-27/h5-10,16-17,22-23,26-27H,11-15,18-21H2,1-4H3,(H,37,44). The van der Waals surface area contributed by atoms with Gasteiger partial charge in [0.2, 0.25) is 5.91 Å². The van der Waals surface area contributed by atoms with Gasteiger partial charge in [0.25, 0.3) is 5.91 Å². The van der Waals surface area contributed by atoms with E-state index < -0.39 is 11.7 Å². The predicted molar refractivity (Wildman–Crippen MR) is 171 cm³/mol. The molecule has 10 heteroatoms. The van der Waals surface area contributed by atoms with Crippen LogP contribution in [0.15, 0.2) is 48.5 Å². The lowest BCUT2D eigenvalue weighted by Crippen LogP contribution is -2.60. The lowest BCUT2D eigenvalue weighted by molar-refractivity contribution is -0.128. The van der Waals surface area contributed by atoms with E-state index >= 15 is 4.39 Å². The number of hydrogen-bond acceptors (Lipinski definition) is 7. The molecule has 1 N–H and O–H groups in total. The Labute approximate surface area is 264 Å². The number of benzene rings is 2. The Kier molecular flexibility index (Phi) is 9.14. The fraction of sp³-hybridized carbons (Fsp3) is 0.486. The first kappa shape index (κ1) is 31.1. The summed E-state index contributed by atoms with van der Waals surface area (Å²) in [5.74, 6) is 0.374. The van der Waals surface area contributed by atoms with Crippen LogP contribution in [0.1, 0.15) is 67.6 Å². The summed E-state index contributed by atoms with van der Waals surface area (Å²) in [5, 5.41) is 11.7. The molecule has 2 amide bonds. The number of ether oxygens (including phenoxy) is 1. The van der Waals surface area contributed by atoms with Gasteiger partial charge in [-0.15, -0.1) is 0 Å². The van der Waals surface area contributed by atoms with E-state index in [0.717, 1.165) is 56.0 Å². The Hall–Kier alpha value is -3.89. The largest absolute Gasteiger partial charge is 0.457 e. The van der Waals surface area contributed by atoms with E-state index in [1.807, 2.05) is 43.3 Å². The molecule has 0 aliphatic carbocycles. The van der Waals surface area contributed by atoms with Crippen molar-refractivity contribution in [3.63, 3.8) is 0 Å². The van der Waals surface area contributed by atoms with Crippen LogP contribution < -0.4 is 10.1 Å². The zero-order valence-electron chi connectivity index (χ0n) is 26.6. The number of likely N-dealkylation sites (N-methyl/N-ethyl adjacent to an activating group) is 1. The minimum absolute atomic E-state index is 0.0102. The summed E-state index contributed by atoms with van der Waals surface area (Å²) in [6, 6.07) is 14.8. The summed E-state index contributed by atoms with van der Waals surface area (Å²) in [7, 11) is 2.13. The van der Waals surface area contributed by atoms with Gasteiger partial charge in [0.05, 0.1) is 17.0 Å². The molecule has 0 spiro atoms. The van der Waals surface area contributed by atoms with Gasteiger partial charge in [-0.3, -0.25) is 14.5 Å². The van der Waals surface area contributed by atoms with E-state index in [-0.39, 0.29) is 30.0 Å². The number of piperidine rings is 1. The van der Waals surface area contributed by atoms with Crippen molar-refractivity contribution in [3.05, 3.63) is 71.2 Å². The van der Waals surface area contributed by atoms with E-state index in [4.69, 9.17) is 4.74 Å². The molecule has 1 aromatic heterocycles. The first-order chi connectivity index (χ1) is 21.6. The maximum atomic E-state index is 15.6. The van der Waals surface area contributed by atoms with Gasteiger partial charge in [-0.05, 0) is 80.3 Å². The molecule has 0 bridgehead atoms. The Morgan fingerprint density at radius 3 is 2.38 bits per heavy atom. The lowest BCUT2D eigenvalue weighted by atomic mass is 9.99. The van der Waals surface area contributed by atoms with Crippen molar-refractivity contribution < 1.29 is 18.7 Å². The van der Waals surface area contributed by atoms with Crippen LogP contribution in [-0.4, -0.2) is 88.6 Å². The second-order valence-corrected chi connectivity index (χ2v) is 13.3. The van der Waals surface area contributed by atoms with E-state index in [9.17, 15) is 9.59 Å². The van der Waals surface area contributed by atoms with Gasteiger partial charge in [-0.2, -0.15) is 10.2 Å². The van der Waals surface area contributed by atoms with Crippen LogP contribution in [0.3, 0.4) is 0 Å². The Balaban J connectivity index is 1.19. The quantitative estimate of drug-likeness (QED) is 0.360. The van der Waals surface area contributed by atoms with E-state index in [2.05, 4.69) is 46.2 Å². The molecule has 3 saturated heterocycles. The van der Waals surface area contributed by atoms with Crippen molar-refractivity contribution in [2.75, 3.05) is 39.8 Å². The zero-order chi connectivity index (χ0) is 31.7. The molecule has 2 aromatic carbocycles. The first-order valence-corrected chi connectivity index (χ1v) is 16.1. The molecule has 3 aliphatic heterocycles. The number of amides is 2. The summed E-state index contributed by atoms with van der Waals surface area (Å²) in [4.78, 5) is 32.5. The predicted octanol–water partition coefficient (Wildman–Crippen LogP) is 5.08. The number of carbonyl (C=O) groups excluding carboxylic acids is 2. The number of hydrogen-bond donors (Lipinski definition) is 1. The molecule has 45 heavy (non-hydrogen) atoms. The Morgan fingerprint density at radius 1 is 1.04 bits per heavy atom. The van der Waals surface area contributed by atoms with E-state index in [1.54, 1.807) is 4.90 Å². The van der Waals surface area contributed by atoms with Crippen molar-refractivity contribution in [1.82, 2.24) is 30.2 Å². The van der Waals surface area contributed by atoms with Crippen molar-refractivity contribution in [1.29, 1.82) is 0 Å². The summed E-state index contributed by atoms with van der Waals surface area (Å²) < 4.78 is 21.8. The molecule has 238 valence electrons. The van der Waals surface area contributed by atoms with Crippen molar-refractivity contribution in [2.24, 2.45) is 5.92 Å². The third-order valence-electron chi connectivity index (χ3n) is 9.24. The number of rotatable bonds is 9. The summed E-state index contributed by atoms with van der Waals surface area (Å²) >= 11 is 0. The highest BCUT2D eigenvalue weighted by molar-refractivity contribution is 5.95. The molecular formula is C35H43FN6O3. The SMILES string of the molecule is CC1CC(=O)N(Cc2cc(F)c(C(=O)NC3CCN(C4CN(C)C4)CC3)cc2Oc2ccc(-c3ccc(C(C)C)nn3)cc2)C1. The molecule has 1 atom stereocenters. The summed E-state index contributed by atoms with van der Waals surface area (Å²) in [6.45, 7) is 11.0. The fourth-order valence-electron chi connectivity index (χ4n) is 6.51. The van der Waals surface area contributed by atoms with Crippen LogP contribution in [0.25, 0.3) is 11.3 Å². The minimum atomic E-state index is -0.622. The fourth-order valence-corrected chi connectivity index (χ4v) is 6.51. The van der Waals surface area contributed by atoms with Gasteiger partial charge in [-0.1, -0.05) is 20.8 Å². The first-order valence-electron chi connectivity index (χ1n) is 16.1. The van der Waals surface area contributed by atoms with Gasteiger partial charge in [0.1, 0.15) is 17.3 Å². The Morgan fingerprint density at radius 2 is 1.78 bits per heavy atom. The smallest absolute Gasteiger partial charge is 0.254 e. The molecule has 4 heterocycles. The molecule has 0 radical (unpaired) electrons. The molecule has 6 rings (SSSR count). The number of likely N-dealkylation sites (tertiary alicyclic amines) is 3. The molecule has 0 saturated carbocycles. The van der Waals surface area contributed by atoms with Gasteiger partial charge < -0.3 is 19.9 Å². The number of carbonyl (C=O) groups is 2. The van der Waals surface area contributed by atoms with Crippen LogP contribution in [0.5, 0.6) is 11.5 Å². The third-order valence-corrected chi connectivity index (χ3v) is 9.24. The van der Waals surface area contributed by atoms with Crippen LogP contribution >= 0.6 is 0 Å². The second-order valence-electron chi connectivity index (χ2n) is 13.3. The molecule has 1 unspecified atom stereocenters. The van der Waals surface area contributed by atoms with Crippen LogP contribution in [0, 0.1) is 11.7 Å². The highest BCUT2D eigenvalue weighted by Crippen LogP contribution is 2.32. The van der Waals surface area contributed by atoms with E-state index in [0.29, 0.717) is 42.0 Å². The van der Waals surface area contributed by atoms with Gasteiger partial charge >= 0.3 is 0 Å². The lowest BCUT2D eigenvalue weighted by Gasteiger charge is -2.46. The summed E-state index contributed by atoms with van der Waals surface area (Å²) in [6.07, 6.45) is 2.14. The molecule has 9 nitrogen and oxygen atoms in total. The van der Waals surface area contributed by atoms with Crippen LogP contribution in [0.2, 0.25) is 0 Å². The second kappa shape index (κ2) is 13.2. The van der Waals surface area contributed by atoms with Crippen molar-refractivity contribution in [3.8, 4) is 22.8 Å². The number of halogens is 1. The molecule has 3 aromatic rings. The highest BCUT2D eigenvalue weighted by atomic mass is 19.1. The Bertz CT molecular complexity index is 1520. The third kappa shape index (κ3) is 7.17. The normalized spacial score (nSPS) is 20.1. The van der Waals surface area contributed by atoms with Crippen molar-refractivity contribution in [2.45, 2.75) is 64.6 Å². The van der Waals surface area contributed by atoms with Gasteiger partial charge in [-0.25, -0.2) is 4.39 Å². The number of nitrogens with zero attached hydrogens (tertiary/aromatic N) is 5. The number of nitrogens with one attached hydrogen (secondary N) is 1. The van der Waals surface area contributed by atoms with E-state index in [1.165, 1.54) is 12.1 Å². The maximum absolute atomic E-state index is 15.6. The molecule has 3 fully saturated rings. The summed E-state index contributed by atoms with van der Waals surface area (Å²) in [5.41, 5.74) is 3.02. The number of aromatic nitrogens is 2. The van der Waals surface area contributed by atoms with Crippen LogP contribution in [0.4, 0.5) is 4.39 Å². The topological polar surface area (TPSA) is 90.9 Å². The molecular weight excluding hydrogens is 571 g/mol. The minimum Gasteiger partial charge on any atom is -0.457 e. The zero-order valence-corrected chi connectivity index (χ0v) is 26.6. The van der Waals surface area contributed by atoms with Crippen molar-refractivity contribution >= 4 is 11.8 Å². The van der Waals surface area contributed by atoms with Gasteiger partial charge in [0, 0.05) is 68.9 Å². The molecule has 3 aliphatic rings. The monoisotopic (exact) mass is 614 g/mol. The maximum Gasteiger partial charge on any atom is 0.254 e. The van der Waals surface area contributed by atoms with Crippen LogP contribution in [-0.2, 0) is 11.3 Å². The highest BCUT2D eigenvalue weighted by Gasteiger charge is 2.33. The van der Waals surface area contributed by atoms with Gasteiger partial charge in [0.15, 0.2) is 0 Å². The average Bonchev–Trinajstić information content (AvgIpc) is 3.33.